The van der Waals surface area contributed by atoms with E-state index in [9.17, 15) is 0 Å². The molecule has 1 aromatic heterocycles. The highest BCUT2D eigenvalue weighted by molar-refractivity contribution is 7.99. The van der Waals surface area contributed by atoms with Gasteiger partial charge in [-0.05, 0) is 25.7 Å². The predicted octanol–water partition coefficient (Wildman–Crippen LogP) is 1.83. The normalized spacial score (nSPS) is 25.3. The van der Waals surface area contributed by atoms with Crippen molar-refractivity contribution in [3.8, 4) is 0 Å². The van der Waals surface area contributed by atoms with E-state index in [1.54, 1.807) is 0 Å². The van der Waals surface area contributed by atoms with E-state index in [1.165, 1.54) is 0 Å². The fraction of sp³-hybridized carbons (Fsp3) is 0.800. The van der Waals surface area contributed by atoms with Crippen molar-refractivity contribution in [2.45, 2.75) is 42.5 Å². The number of aromatic nitrogens is 2. The molecule has 3 heterocycles. The second-order valence-electron chi connectivity index (χ2n) is 5.96. The van der Waals surface area contributed by atoms with E-state index in [2.05, 4.69) is 14.9 Å². The Labute approximate surface area is 130 Å². The summed E-state index contributed by atoms with van der Waals surface area (Å²) in [5, 5.41) is 4.78. The lowest BCUT2D eigenvalue weighted by Gasteiger charge is -2.43. The summed E-state index contributed by atoms with van der Waals surface area (Å²) in [6.07, 6.45) is 8.19. The minimum Gasteiger partial charge on any atom is -0.381 e. The van der Waals surface area contributed by atoms with Crippen molar-refractivity contribution in [1.82, 2.24) is 14.9 Å². The van der Waals surface area contributed by atoms with E-state index >= 15 is 0 Å². The molecule has 2 aliphatic heterocycles. The summed E-state index contributed by atoms with van der Waals surface area (Å²) in [6.45, 7) is 3.60. The van der Waals surface area contributed by atoms with Crippen LogP contribution in [0.1, 0.15) is 25.7 Å². The van der Waals surface area contributed by atoms with E-state index < -0.39 is 0 Å². The summed E-state index contributed by atoms with van der Waals surface area (Å²) in [6, 6.07) is 0.582. The van der Waals surface area contributed by atoms with Crippen molar-refractivity contribution >= 4 is 11.8 Å². The lowest BCUT2D eigenvalue weighted by Crippen LogP contribution is -2.50. The van der Waals surface area contributed by atoms with Gasteiger partial charge in [-0.3, -0.25) is 0 Å². The summed E-state index contributed by atoms with van der Waals surface area (Å²) in [7, 11) is 2.04. The maximum Gasteiger partial charge on any atom is 0.167 e. The van der Waals surface area contributed by atoms with Crippen LogP contribution in [0.2, 0.25) is 0 Å². The monoisotopic (exact) mass is 311 g/mol. The number of nitrogens with one attached hydrogen (secondary N) is 1. The molecule has 2 fully saturated rings. The van der Waals surface area contributed by atoms with Crippen LogP contribution in [0, 0.1) is 0 Å². The highest BCUT2D eigenvalue weighted by atomic mass is 32.2. The molecule has 3 rings (SSSR count). The van der Waals surface area contributed by atoms with Gasteiger partial charge in [-0.15, -0.1) is 0 Å². The molecule has 1 spiro atoms. The minimum absolute atomic E-state index is 0.0843. The molecule has 0 aliphatic carbocycles. The number of ether oxygens (including phenoxy) is 2. The van der Waals surface area contributed by atoms with E-state index in [4.69, 9.17) is 9.47 Å². The average molecular weight is 311 g/mol. The third-order valence-electron chi connectivity index (χ3n) is 4.44. The Hall–Kier alpha value is -0.560. The molecule has 0 radical (unpaired) electrons. The number of aryl methyl sites for hydroxylation is 1. The van der Waals surface area contributed by atoms with Gasteiger partial charge in [-0.25, -0.2) is 4.98 Å². The summed E-state index contributed by atoms with van der Waals surface area (Å²) < 4.78 is 13.6. The van der Waals surface area contributed by atoms with Crippen LogP contribution in [0.3, 0.4) is 0 Å². The van der Waals surface area contributed by atoms with Gasteiger partial charge in [0.15, 0.2) is 5.16 Å². The number of hydrogen-bond acceptors (Lipinski definition) is 5. The molecule has 5 nitrogen and oxygen atoms in total. The first kappa shape index (κ1) is 15.3. The number of thioether (sulfide) groups is 1. The zero-order chi connectivity index (χ0) is 14.5. The number of hydrogen-bond donors (Lipinski definition) is 1. The van der Waals surface area contributed by atoms with E-state index in [-0.39, 0.29) is 5.60 Å². The SMILES string of the molecule is Cn1ccnc1SCCN[C@H]1CCOC2(CCOCC2)C1. The van der Waals surface area contributed by atoms with Gasteiger partial charge in [0.2, 0.25) is 0 Å². The van der Waals surface area contributed by atoms with Crippen LogP contribution in [0.5, 0.6) is 0 Å². The molecule has 6 heteroatoms. The molecule has 2 saturated heterocycles. The highest BCUT2D eigenvalue weighted by Crippen LogP contribution is 2.34. The topological polar surface area (TPSA) is 48.3 Å². The first-order valence-corrected chi connectivity index (χ1v) is 8.81. The van der Waals surface area contributed by atoms with Crippen LogP contribution in [0.4, 0.5) is 0 Å². The minimum atomic E-state index is 0.0843. The predicted molar refractivity (Wildman–Crippen MR) is 83.7 cm³/mol. The van der Waals surface area contributed by atoms with E-state index in [1.807, 2.05) is 31.2 Å². The Bertz CT molecular complexity index is 440. The van der Waals surface area contributed by atoms with Crippen molar-refractivity contribution in [3.05, 3.63) is 12.4 Å². The highest BCUT2D eigenvalue weighted by Gasteiger charge is 2.38. The Morgan fingerprint density at radius 3 is 3.05 bits per heavy atom. The van der Waals surface area contributed by atoms with Crippen LogP contribution < -0.4 is 5.32 Å². The molecular weight excluding hydrogens is 286 g/mol. The van der Waals surface area contributed by atoms with Crippen molar-refractivity contribution in [1.29, 1.82) is 0 Å². The van der Waals surface area contributed by atoms with E-state index in [0.717, 1.165) is 63.0 Å². The van der Waals surface area contributed by atoms with Gasteiger partial charge >= 0.3 is 0 Å². The average Bonchev–Trinajstić information content (AvgIpc) is 2.90. The maximum atomic E-state index is 6.08. The Kier molecular flexibility index (Phi) is 5.21. The molecule has 1 aromatic rings. The second-order valence-corrected chi connectivity index (χ2v) is 7.02. The van der Waals surface area contributed by atoms with Crippen LogP contribution in [-0.4, -0.2) is 53.3 Å². The van der Waals surface area contributed by atoms with Crippen LogP contribution >= 0.6 is 11.8 Å². The van der Waals surface area contributed by atoms with Crippen LogP contribution in [-0.2, 0) is 16.5 Å². The fourth-order valence-electron chi connectivity index (χ4n) is 3.19. The van der Waals surface area contributed by atoms with Gasteiger partial charge in [0.25, 0.3) is 0 Å². The Morgan fingerprint density at radius 1 is 1.43 bits per heavy atom. The zero-order valence-corrected chi connectivity index (χ0v) is 13.5. The third kappa shape index (κ3) is 4.00. The fourth-order valence-corrected chi connectivity index (χ4v) is 3.99. The summed E-state index contributed by atoms with van der Waals surface area (Å²) in [5.41, 5.74) is 0.0843. The smallest absolute Gasteiger partial charge is 0.167 e. The van der Waals surface area contributed by atoms with Gasteiger partial charge < -0.3 is 19.4 Å². The van der Waals surface area contributed by atoms with Gasteiger partial charge in [-0.1, -0.05) is 11.8 Å². The summed E-state index contributed by atoms with van der Waals surface area (Å²) >= 11 is 1.81. The third-order valence-corrected chi connectivity index (χ3v) is 5.50. The lowest BCUT2D eigenvalue weighted by atomic mass is 9.84. The van der Waals surface area contributed by atoms with Gasteiger partial charge in [-0.2, -0.15) is 0 Å². The molecule has 0 unspecified atom stereocenters. The Balaban J connectivity index is 1.40. The molecule has 0 saturated carbocycles. The molecule has 1 N–H and O–H groups in total. The molecule has 21 heavy (non-hydrogen) atoms. The summed E-state index contributed by atoms with van der Waals surface area (Å²) in [5.74, 6) is 1.05. The quantitative estimate of drug-likeness (QED) is 0.664. The number of imidazole rings is 1. The van der Waals surface area contributed by atoms with Crippen molar-refractivity contribution < 1.29 is 9.47 Å². The van der Waals surface area contributed by atoms with Gasteiger partial charge in [0.1, 0.15) is 0 Å². The lowest BCUT2D eigenvalue weighted by molar-refractivity contribution is -0.140. The first-order valence-electron chi connectivity index (χ1n) is 7.83. The largest absolute Gasteiger partial charge is 0.381 e. The van der Waals surface area contributed by atoms with Crippen LogP contribution in [0.15, 0.2) is 17.6 Å². The standard InChI is InChI=1S/C15H25N3O2S/c1-18-7-5-17-14(18)21-11-6-16-13-2-8-20-15(12-13)3-9-19-10-4-15/h5,7,13,16H,2-4,6,8-12H2,1H3/t13-/m0/s1. The number of rotatable bonds is 5. The molecule has 0 bridgehead atoms. The molecule has 2 aliphatic rings. The maximum absolute atomic E-state index is 6.08. The van der Waals surface area contributed by atoms with Gasteiger partial charge in [0.05, 0.1) is 5.60 Å². The van der Waals surface area contributed by atoms with Crippen LogP contribution in [0.25, 0.3) is 0 Å². The Morgan fingerprint density at radius 2 is 2.29 bits per heavy atom. The summed E-state index contributed by atoms with van der Waals surface area (Å²) in [4.78, 5) is 4.33. The molecular formula is C15H25N3O2S. The molecule has 118 valence electrons. The van der Waals surface area contributed by atoms with Gasteiger partial charge in [0, 0.05) is 57.6 Å². The second kappa shape index (κ2) is 7.13. The zero-order valence-electron chi connectivity index (χ0n) is 12.7. The van der Waals surface area contributed by atoms with E-state index in [0.29, 0.717) is 6.04 Å². The molecule has 1 atom stereocenters. The van der Waals surface area contributed by atoms with Crippen molar-refractivity contribution in [2.75, 3.05) is 32.1 Å². The molecule has 0 amide bonds. The van der Waals surface area contributed by atoms with Crippen molar-refractivity contribution in [2.24, 2.45) is 7.05 Å². The number of nitrogens with zero attached hydrogens (tertiary/aromatic N) is 2. The first-order chi connectivity index (χ1) is 10.3. The van der Waals surface area contributed by atoms with Crippen molar-refractivity contribution in [3.63, 3.8) is 0 Å². The molecule has 0 aromatic carbocycles.